The van der Waals surface area contributed by atoms with Crippen LogP contribution in [0.5, 0.6) is 0 Å². The molecular weight excluding hydrogens is 286 g/mol. The van der Waals surface area contributed by atoms with Crippen molar-refractivity contribution < 1.29 is 9.90 Å². The highest BCUT2D eigenvalue weighted by molar-refractivity contribution is 5.94. The second-order valence-corrected chi connectivity index (χ2v) is 8.20. The number of amides is 1. The molecule has 1 N–H and O–H groups in total. The smallest absolute Gasteiger partial charge is 0.253 e. The summed E-state index contributed by atoms with van der Waals surface area (Å²) in [6.07, 6.45) is 7.93. The summed E-state index contributed by atoms with van der Waals surface area (Å²) in [5.74, 6) is 0.180. The maximum Gasteiger partial charge on any atom is 0.253 e. The lowest BCUT2D eigenvalue weighted by molar-refractivity contribution is 0.0714. The van der Waals surface area contributed by atoms with Crippen molar-refractivity contribution in [2.75, 3.05) is 13.1 Å². The molecule has 1 aliphatic carbocycles. The fourth-order valence-corrected chi connectivity index (χ4v) is 4.13. The number of likely N-dealkylation sites (tertiary alicyclic amines) is 1. The van der Waals surface area contributed by atoms with Gasteiger partial charge in [-0.2, -0.15) is 0 Å². The van der Waals surface area contributed by atoms with Gasteiger partial charge in [-0.1, -0.05) is 25.0 Å². The van der Waals surface area contributed by atoms with Gasteiger partial charge in [0.25, 0.3) is 5.91 Å². The monoisotopic (exact) mass is 315 g/mol. The van der Waals surface area contributed by atoms with E-state index in [4.69, 9.17) is 0 Å². The first-order valence-electron chi connectivity index (χ1n) is 8.98. The van der Waals surface area contributed by atoms with Crippen LogP contribution >= 0.6 is 0 Å². The second-order valence-electron chi connectivity index (χ2n) is 8.20. The maximum absolute atomic E-state index is 12.8. The van der Waals surface area contributed by atoms with Crippen LogP contribution in [-0.4, -0.2) is 34.6 Å². The molecule has 1 spiro atoms. The highest BCUT2D eigenvalue weighted by Gasteiger charge is 2.41. The summed E-state index contributed by atoms with van der Waals surface area (Å²) >= 11 is 0. The fourth-order valence-electron chi connectivity index (χ4n) is 4.13. The van der Waals surface area contributed by atoms with Crippen molar-refractivity contribution in [3.8, 4) is 0 Å². The summed E-state index contributed by atoms with van der Waals surface area (Å²) in [6, 6.07) is 7.95. The third-order valence-corrected chi connectivity index (χ3v) is 5.59. The van der Waals surface area contributed by atoms with Gasteiger partial charge in [0, 0.05) is 18.7 Å². The van der Waals surface area contributed by atoms with Gasteiger partial charge in [0.2, 0.25) is 0 Å². The predicted molar refractivity (Wildman–Crippen MR) is 92.5 cm³/mol. The van der Waals surface area contributed by atoms with E-state index in [1.807, 2.05) is 38.1 Å². The summed E-state index contributed by atoms with van der Waals surface area (Å²) < 4.78 is 0. The Morgan fingerprint density at radius 2 is 2.00 bits per heavy atom. The van der Waals surface area contributed by atoms with Gasteiger partial charge in [0.1, 0.15) is 0 Å². The zero-order valence-electron chi connectivity index (χ0n) is 14.5. The zero-order valence-corrected chi connectivity index (χ0v) is 14.5. The first-order chi connectivity index (χ1) is 10.9. The van der Waals surface area contributed by atoms with Crippen LogP contribution in [0, 0.1) is 5.41 Å². The average molecular weight is 315 g/mol. The van der Waals surface area contributed by atoms with E-state index in [1.165, 1.54) is 32.1 Å². The molecule has 3 rings (SSSR count). The van der Waals surface area contributed by atoms with Crippen molar-refractivity contribution in [2.45, 2.75) is 64.4 Å². The molecule has 1 saturated carbocycles. The number of carbonyl (C=O) groups excluding carboxylic acids is 1. The summed E-state index contributed by atoms with van der Waals surface area (Å²) in [5, 5.41) is 9.87. The Morgan fingerprint density at radius 1 is 1.26 bits per heavy atom. The van der Waals surface area contributed by atoms with Gasteiger partial charge < -0.3 is 10.0 Å². The quantitative estimate of drug-likeness (QED) is 0.918. The molecule has 2 aliphatic rings. The molecule has 0 unspecified atom stereocenters. The minimum atomic E-state index is -0.663. The highest BCUT2D eigenvalue weighted by atomic mass is 16.3. The maximum atomic E-state index is 12.8. The number of rotatable bonds is 4. The number of nitrogens with zero attached hydrogens (tertiary/aromatic N) is 1. The Balaban J connectivity index is 1.66. The number of carbonyl (C=O) groups is 1. The van der Waals surface area contributed by atoms with Crippen LogP contribution in [0.15, 0.2) is 24.3 Å². The molecule has 0 atom stereocenters. The van der Waals surface area contributed by atoms with E-state index < -0.39 is 5.60 Å². The summed E-state index contributed by atoms with van der Waals surface area (Å²) in [5.41, 5.74) is 1.69. The summed E-state index contributed by atoms with van der Waals surface area (Å²) in [7, 11) is 0. The molecule has 3 heteroatoms. The van der Waals surface area contributed by atoms with Crippen LogP contribution in [0.2, 0.25) is 0 Å². The molecule has 0 radical (unpaired) electrons. The normalized spacial score (nSPS) is 20.4. The van der Waals surface area contributed by atoms with Crippen LogP contribution in [0.1, 0.15) is 68.3 Å². The van der Waals surface area contributed by atoms with Gasteiger partial charge >= 0.3 is 0 Å². The molecule has 0 bridgehead atoms. The largest absolute Gasteiger partial charge is 0.390 e. The highest BCUT2D eigenvalue weighted by Crippen LogP contribution is 2.45. The van der Waals surface area contributed by atoms with E-state index in [1.54, 1.807) is 0 Å². The zero-order chi connectivity index (χ0) is 16.5. The molecule has 126 valence electrons. The van der Waals surface area contributed by atoms with Crippen LogP contribution in [0.25, 0.3) is 0 Å². The lowest BCUT2D eigenvalue weighted by Crippen LogP contribution is -2.31. The lowest BCUT2D eigenvalue weighted by Gasteiger charge is -2.23. The lowest BCUT2D eigenvalue weighted by atomic mass is 9.86. The first kappa shape index (κ1) is 16.5. The van der Waals surface area contributed by atoms with E-state index in [0.717, 1.165) is 30.6 Å². The SMILES string of the molecule is CC(C)(O)CCc1cccc(C(=O)N2CCC3(CCCC3)C2)c1. The van der Waals surface area contributed by atoms with Crippen molar-refractivity contribution in [1.82, 2.24) is 4.90 Å². The first-order valence-corrected chi connectivity index (χ1v) is 8.98. The number of benzene rings is 1. The van der Waals surface area contributed by atoms with Gasteiger partial charge in [-0.05, 0) is 69.1 Å². The molecule has 3 nitrogen and oxygen atoms in total. The Morgan fingerprint density at radius 3 is 2.70 bits per heavy atom. The van der Waals surface area contributed by atoms with Crippen LogP contribution < -0.4 is 0 Å². The number of aryl methyl sites for hydroxylation is 1. The topological polar surface area (TPSA) is 40.5 Å². The summed E-state index contributed by atoms with van der Waals surface area (Å²) in [6.45, 7) is 5.51. The van der Waals surface area contributed by atoms with E-state index in [0.29, 0.717) is 11.8 Å². The van der Waals surface area contributed by atoms with Gasteiger partial charge in [0.05, 0.1) is 5.60 Å². The van der Waals surface area contributed by atoms with Crippen molar-refractivity contribution in [2.24, 2.45) is 5.41 Å². The molecule has 1 aromatic rings. The molecule has 23 heavy (non-hydrogen) atoms. The second kappa shape index (κ2) is 6.27. The van der Waals surface area contributed by atoms with E-state index >= 15 is 0 Å². The molecule has 1 aromatic carbocycles. The number of hydrogen-bond donors (Lipinski definition) is 1. The predicted octanol–water partition coefficient (Wildman–Crippen LogP) is 3.80. The van der Waals surface area contributed by atoms with Crippen LogP contribution in [-0.2, 0) is 6.42 Å². The Bertz CT molecular complexity index is 567. The molecule has 1 heterocycles. The van der Waals surface area contributed by atoms with Crippen molar-refractivity contribution in [3.63, 3.8) is 0 Å². The minimum absolute atomic E-state index is 0.180. The van der Waals surface area contributed by atoms with Crippen LogP contribution in [0.3, 0.4) is 0 Å². The van der Waals surface area contributed by atoms with Gasteiger partial charge in [-0.15, -0.1) is 0 Å². The van der Waals surface area contributed by atoms with Crippen molar-refractivity contribution in [3.05, 3.63) is 35.4 Å². The Kier molecular flexibility index (Phi) is 4.50. The van der Waals surface area contributed by atoms with Gasteiger partial charge in [-0.3, -0.25) is 4.79 Å². The standard InChI is InChI=1S/C20H29NO2/c1-19(2,23)11-8-16-6-5-7-17(14-16)18(22)21-13-12-20(15-21)9-3-4-10-20/h5-7,14,23H,3-4,8-13,15H2,1-2H3. The molecule has 1 aliphatic heterocycles. The molecule has 2 fully saturated rings. The Hall–Kier alpha value is -1.35. The number of hydrogen-bond acceptors (Lipinski definition) is 2. The minimum Gasteiger partial charge on any atom is -0.390 e. The van der Waals surface area contributed by atoms with Gasteiger partial charge in [0.15, 0.2) is 0 Å². The van der Waals surface area contributed by atoms with E-state index in [-0.39, 0.29) is 5.91 Å². The third-order valence-electron chi connectivity index (χ3n) is 5.59. The number of aliphatic hydroxyl groups is 1. The van der Waals surface area contributed by atoms with Gasteiger partial charge in [-0.25, -0.2) is 0 Å². The molecule has 1 amide bonds. The molecular formula is C20H29NO2. The molecule has 0 aromatic heterocycles. The van der Waals surface area contributed by atoms with Crippen molar-refractivity contribution in [1.29, 1.82) is 0 Å². The van der Waals surface area contributed by atoms with E-state index in [2.05, 4.69) is 4.90 Å². The Labute approximate surface area is 139 Å². The third kappa shape index (κ3) is 3.95. The van der Waals surface area contributed by atoms with E-state index in [9.17, 15) is 9.90 Å². The average Bonchev–Trinajstić information content (AvgIpc) is 3.15. The van der Waals surface area contributed by atoms with Crippen molar-refractivity contribution >= 4 is 5.91 Å². The molecule has 1 saturated heterocycles. The summed E-state index contributed by atoms with van der Waals surface area (Å²) in [4.78, 5) is 14.9. The fraction of sp³-hybridized carbons (Fsp3) is 0.650. The van der Waals surface area contributed by atoms with Crippen LogP contribution in [0.4, 0.5) is 0 Å².